The third kappa shape index (κ3) is 4.01. The summed E-state index contributed by atoms with van der Waals surface area (Å²) in [4.78, 5) is 25.4. The average molecular weight is 312 g/mol. The number of carbonyl (C=O) groups is 1. The Morgan fingerprint density at radius 1 is 1.20 bits per heavy atom. The molecule has 1 aromatic carbocycles. The zero-order valence-corrected chi connectivity index (χ0v) is 11.8. The van der Waals surface area contributed by atoms with E-state index >= 15 is 0 Å². The number of anilines is 1. The molecule has 0 aliphatic heterocycles. The Bertz CT molecular complexity index is 685. The number of H-pyrrole nitrogens is 1. The van der Waals surface area contributed by atoms with Gasteiger partial charge >= 0.3 is 6.03 Å². The second kappa shape index (κ2) is 6.45. The fraction of sp³-hybridized carbons (Fsp3) is 0.0769. The maximum atomic E-state index is 11.7. The highest BCUT2D eigenvalue weighted by molar-refractivity contribution is 6.35. The molecule has 0 spiro atoms. The first-order valence-corrected chi connectivity index (χ1v) is 6.48. The topological polar surface area (TPSA) is 74.0 Å². The number of nitrogens with one attached hydrogen (secondary N) is 3. The summed E-state index contributed by atoms with van der Waals surface area (Å²) < 4.78 is 0. The molecule has 0 fully saturated rings. The number of carbonyl (C=O) groups excluding carboxylic acids is 1. The van der Waals surface area contributed by atoms with E-state index in [-0.39, 0.29) is 12.1 Å². The van der Waals surface area contributed by atoms with Crippen molar-refractivity contribution in [2.24, 2.45) is 0 Å². The largest absolute Gasteiger partial charge is 0.332 e. The average Bonchev–Trinajstić information content (AvgIpc) is 2.41. The van der Waals surface area contributed by atoms with E-state index in [1.54, 1.807) is 30.3 Å². The van der Waals surface area contributed by atoms with Crippen molar-refractivity contribution in [2.75, 3.05) is 5.32 Å². The zero-order chi connectivity index (χ0) is 14.5. The molecule has 2 amide bonds. The van der Waals surface area contributed by atoms with Crippen molar-refractivity contribution in [3.8, 4) is 0 Å². The molecule has 0 aliphatic rings. The predicted molar refractivity (Wildman–Crippen MR) is 79.4 cm³/mol. The van der Waals surface area contributed by atoms with Crippen molar-refractivity contribution in [1.29, 1.82) is 0 Å². The Kier molecular flexibility index (Phi) is 4.65. The summed E-state index contributed by atoms with van der Waals surface area (Å²) >= 11 is 11.8. The van der Waals surface area contributed by atoms with Crippen LogP contribution < -0.4 is 16.2 Å². The van der Waals surface area contributed by atoms with Gasteiger partial charge in [-0.15, -0.1) is 0 Å². The van der Waals surface area contributed by atoms with Gasteiger partial charge in [-0.1, -0.05) is 29.3 Å². The molecule has 0 saturated carbocycles. The monoisotopic (exact) mass is 311 g/mol. The molecule has 7 heteroatoms. The van der Waals surface area contributed by atoms with Gasteiger partial charge in [0.05, 0.1) is 17.3 Å². The van der Waals surface area contributed by atoms with Crippen LogP contribution in [-0.4, -0.2) is 11.0 Å². The molecule has 0 atom stereocenters. The minimum absolute atomic E-state index is 0.195. The lowest BCUT2D eigenvalue weighted by Gasteiger charge is -2.09. The lowest BCUT2D eigenvalue weighted by atomic mass is 10.3. The quantitative estimate of drug-likeness (QED) is 0.815. The molecule has 104 valence electrons. The lowest BCUT2D eigenvalue weighted by molar-refractivity contribution is 0.251. The second-order valence-electron chi connectivity index (χ2n) is 3.97. The maximum absolute atomic E-state index is 11.7. The maximum Gasteiger partial charge on any atom is 0.319 e. The number of aromatic nitrogens is 1. The van der Waals surface area contributed by atoms with Gasteiger partial charge in [-0.25, -0.2) is 4.79 Å². The van der Waals surface area contributed by atoms with E-state index < -0.39 is 6.03 Å². The van der Waals surface area contributed by atoms with E-state index in [9.17, 15) is 9.59 Å². The highest BCUT2D eigenvalue weighted by Crippen LogP contribution is 2.25. The van der Waals surface area contributed by atoms with Gasteiger partial charge in [0.2, 0.25) is 5.56 Å². The standard InChI is InChI=1S/C13H11Cl2N3O2/c14-8-4-5-10(15)11(6-8)18-13(20)16-7-9-2-1-3-12(19)17-9/h1-6H,7H2,(H,17,19)(H2,16,18,20). The predicted octanol–water partition coefficient (Wildman–Crippen LogP) is 3.00. The van der Waals surface area contributed by atoms with Crippen LogP contribution in [0.2, 0.25) is 10.0 Å². The Morgan fingerprint density at radius 2 is 2.00 bits per heavy atom. The number of benzene rings is 1. The van der Waals surface area contributed by atoms with Crippen LogP contribution in [0.4, 0.5) is 10.5 Å². The number of amides is 2. The molecule has 2 rings (SSSR count). The number of aromatic amines is 1. The van der Waals surface area contributed by atoms with Gasteiger partial charge in [0, 0.05) is 16.8 Å². The van der Waals surface area contributed by atoms with E-state index in [0.717, 1.165) is 0 Å². The van der Waals surface area contributed by atoms with Crippen LogP contribution in [0.5, 0.6) is 0 Å². The normalized spacial score (nSPS) is 10.1. The highest BCUT2D eigenvalue weighted by Gasteiger charge is 2.06. The van der Waals surface area contributed by atoms with Crippen molar-refractivity contribution in [3.05, 3.63) is 62.5 Å². The first kappa shape index (κ1) is 14.4. The number of hydrogen-bond acceptors (Lipinski definition) is 2. The molecular formula is C13H11Cl2N3O2. The van der Waals surface area contributed by atoms with Crippen LogP contribution in [-0.2, 0) is 6.54 Å². The van der Waals surface area contributed by atoms with Gasteiger partial charge in [-0.2, -0.15) is 0 Å². The second-order valence-corrected chi connectivity index (χ2v) is 4.82. The lowest BCUT2D eigenvalue weighted by Crippen LogP contribution is -2.29. The molecule has 2 aromatic rings. The summed E-state index contributed by atoms with van der Waals surface area (Å²) in [6.45, 7) is 0.195. The van der Waals surface area contributed by atoms with E-state index in [0.29, 0.717) is 21.4 Å². The summed E-state index contributed by atoms with van der Waals surface area (Å²) in [6.07, 6.45) is 0. The van der Waals surface area contributed by atoms with E-state index in [1.165, 1.54) is 6.07 Å². The van der Waals surface area contributed by atoms with E-state index in [2.05, 4.69) is 15.6 Å². The van der Waals surface area contributed by atoms with Crippen LogP contribution in [0.1, 0.15) is 5.69 Å². The summed E-state index contributed by atoms with van der Waals surface area (Å²) in [5, 5.41) is 6.03. The number of hydrogen-bond donors (Lipinski definition) is 3. The van der Waals surface area contributed by atoms with Crippen molar-refractivity contribution in [3.63, 3.8) is 0 Å². The minimum Gasteiger partial charge on any atom is -0.332 e. The molecule has 3 N–H and O–H groups in total. The Hall–Kier alpha value is -1.98. The fourth-order valence-electron chi connectivity index (χ4n) is 1.53. The van der Waals surface area contributed by atoms with E-state index in [4.69, 9.17) is 23.2 Å². The number of rotatable bonds is 3. The Labute approximate surface area is 124 Å². The van der Waals surface area contributed by atoms with Gasteiger partial charge in [0.1, 0.15) is 0 Å². The summed E-state index contributed by atoms with van der Waals surface area (Å²) in [5.74, 6) is 0. The molecule has 5 nitrogen and oxygen atoms in total. The third-order valence-electron chi connectivity index (χ3n) is 2.44. The van der Waals surface area contributed by atoms with Crippen LogP contribution in [0.25, 0.3) is 0 Å². The summed E-state index contributed by atoms with van der Waals surface area (Å²) in [7, 11) is 0. The first-order chi connectivity index (χ1) is 9.54. The van der Waals surface area contributed by atoms with Crippen LogP contribution in [0, 0.1) is 0 Å². The number of urea groups is 1. The SMILES string of the molecule is O=C(NCc1cccc(=O)[nH]1)Nc1cc(Cl)ccc1Cl. The fourth-order valence-corrected chi connectivity index (χ4v) is 1.87. The number of pyridine rings is 1. The zero-order valence-electron chi connectivity index (χ0n) is 10.2. The van der Waals surface area contributed by atoms with Gasteiger partial charge in [0.15, 0.2) is 0 Å². The Morgan fingerprint density at radius 3 is 2.75 bits per heavy atom. The molecule has 0 bridgehead atoms. The van der Waals surface area contributed by atoms with Crippen molar-refractivity contribution in [2.45, 2.75) is 6.54 Å². The third-order valence-corrected chi connectivity index (χ3v) is 3.01. The van der Waals surface area contributed by atoms with Gasteiger partial charge in [-0.3, -0.25) is 4.79 Å². The molecular weight excluding hydrogens is 301 g/mol. The minimum atomic E-state index is -0.445. The molecule has 0 aliphatic carbocycles. The molecule has 0 radical (unpaired) electrons. The van der Waals surface area contributed by atoms with Gasteiger partial charge in [-0.05, 0) is 24.3 Å². The highest BCUT2D eigenvalue weighted by atomic mass is 35.5. The molecule has 1 aromatic heterocycles. The van der Waals surface area contributed by atoms with Crippen LogP contribution in [0.15, 0.2) is 41.2 Å². The first-order valence-electron chi connectivity index (χ1n) is 5.73. The summed E-state index contributed by atoms with van der Waals surface area (Å²) in [5.41, 5.74) is 0.797. The van der Waals surface area contributed by atoms with Crippen molar-refractivity contribution >= 4 is 34.9 Å². The van der Waals surface area contributed by atoms with Gasteiger partial charge in [0.25, 0.3) is 0 Å². The molecule has 0 saturated heterocycles. The molecule has 20 heavy (non-hydrogen) atoms. The molecule has 0 unspecified atom stereocenters. The van der Waals surface area contributed by atoms with E-state index in [1.807, 2.05) is 0 Å². The van der Waals surface area contributed by atoms with Crippen LogP contribution in [0.3, 0.4) is 0 Å². The van der Waals surface area contributed by atoms with Crippen molar-refractivity contribution in [1.82, 2.24) is 10.3 Å². The molecule has 1 heterocycles. The van der Waals surface area contributed by atoms with Crippen molar-refractivity contribution < 1.29 is 4.79 Å². The van der Waals surface area contributed by atoms with Crippen LogP contribution >= 0.6 is 23.2 Å². The van der Waals surface area contributed by atoms with Gasteiger partial charge < -0.3 is 15.6 Å². The Balaban J connectivity index is 1.96. The summed E-state index contributed by atoms with van der Waals surface area (Å²) in [6, 6.07) is 9.04. The number of halogens is 2. The smallest absolute Gasteiger partial charge is 0.319 e.